The van der Waals surface area contributed by atoms with Crippen molar-refractivity contribution in [2.75, 3.05) is 0 Å². The second-order valence-electron chi connectivity index (χ2n) is 5.39. The Kier molecular flexibility index (Phi) is 6.25. The van der Waals surface area contributed by atoms with Crippen LogP contribution in [0.25, 0.3) is 0 Å². The molecule has 0 aromatic heterocycles. The molecule has 0 aliphatic heterocycles. The van der Waals surface area contributed by atoms with Crippen LogP contribution in [0, 0.1) is 0 Å². The number of hydrogen-bond donors (Lipinski definition) is 2. The average Bonchev–Trinajstić information content (AvgIpc) is 2.61. The molecule has 0 aliphatic carbocycles. The molecule has 0 saturated carbocycles. The Hall–Kier alpha value is -2.95. The standard InChI is InChI=1S/C19H19NO4/c21-16(14-8-3-1-4-9-14)12-7-13-17(22)20-18(19(23)24)15-10-5-2-6-11-15/h1-6,8-11,18H,7,12-13H2,(H,20,22)(H,23,24)/t18-/m0/s1. The third kappa shape index (κ3) is 5.05. The highest BCUT2D eigenvalue weighted by Gasteiger charge is 2.21. The van der Waals surface area contributed by atoms with Gasteiger partial charge >= 0.3 is 5.97 Å². The Bertz CT molecular complexity index is 698. The Balaban J connectivity index is 1.84. The summed E-state index contributed by atoms with van der Waals surface area (Å²) in [5.74, 6) is -1.52. The van der Waals surface area contributed by atoms with E-state index < -0.39 is 12.0 Å². The van der Waals surface area contributed by atoms with Gasteiger partial charge in [-0.3, -0.25) is 9.59 Å². The Labute approximate surface area is 140 Å². The summed E-state index contributed by atoms with van der Waals surface area (Å²) in [7, 11) is 0. The van der Waals surface area contributed by atoms with E-state index in [2.05, 4.69) is 5.32 Å². The van der Waals surface area contributed by atoms with Crippen molar-refractivity contribution >= 4 is 17.7 Å². The number of nitrogens with one attached hydrogen (secondary N) is 1. The molecule has 2 aromatic carbocycles. The molecule has 2 N–H and O–H groups in total. The summed E-state index contributed by atoms with van der Waals surface area (Å²) < 4.78 is 0. The van der Waals surface area contributed by atoms with Gasteiger partial charge in [0.25, 0.3) is 0 Å². The van der Waals surface area contributed by atoms with Crippen molar-refractivity contribution in [3.63, 3.8) is 0 Å². The maximum atomic E-state index is 12.0. The molecule has 0 radical (unpaired) electrons. The number of Topliss-reactive ketones (excluding diaryl/α,β-unsaturated/α-hetero) is 1. The lowest BCUT2D eigenvalue weighted by Gasteiger charge is -2.14. The van der Waals surface area contributed by atoms with E-state index >= 15 is 0 Å². The highest BCUT2D eigenvalue weighted by molar-refractivity contribution is 5.96. The maximum Gasteiger partial charge on any atom is 0.330 e. The lowest BCUT2D eigenvalue weighted by Crippen LogP contribution is -2.33. The van der Waals surface area contributed by atoms with Crippen molar-refractivity contribution < 1.29 is 19.5 Å². The van der Waals surface area contributed by atoms with Gasteiger partial charge in [-0.25, -0.2) is 4.79 Å². The number of carboxylic acid groups (broad SMARTS) is 1. The topological polar surface area (TPSA) is 83.5 Å². The van der Waals surface area contributed by atoms with Gasteiger partial charge in [0.05, 0.1) is 0 Å². The van der Waals surface area contributed by atoms with Crippen molar-refractivity contribution in [2.24, 2.45) is 0 Å². The molecule has 124 valence electrons. The Morgan fingerprint density at radius 1 is 0.875 bits per heavy atom. The zero-order chi connectivity index (χ0) is 17.4. The van der Waals surface area contributed by atoms with E-state index in [1.165, 1.54) is 0 Å². The zero-order valence-corrected chi connectivity index (χ0v) is 13.1. The monoisotopic (exact) mass is 325 g/mol. The molecule has 0 fully saturated rings. The molecule has 2 aromatic rings. The Morgan fingerprint density at radius 3 is 2.04 bits per heavy atom. The molecular formula is C19H19NO4. The zero-order valence-electron chi connectivity index (χ0n) is 13.1. The highest BCUT2D eigenvalue weighted by Crippen LogP contribution is 2.13. The van der Waals surface area contributed by atoms with Crippen LogP contribution in [0.15, 0.2) is 60.7 Å². The lowest BCUT2D eigenvalue weighted by atomic mass is 10.0. The molecule has 0 spiro atoms. The third-order valence-electron chi connectivity index (χ3n) is 3.59. The number of aliphatic carboxylic acids is 1. The maximum absolute atomic E-state index is 12.0. The van der Waals surface area contributed by atoms with Gasteiger partial charge < -0.3 is 10.4 Å². The van der Waals surface area contributed by atoms with Gasteiger partial charge in [-0.1, -0.05) is 60.7 Å². The number of ketones is 1. The second-order valence-corrected chi connectivity index (χ2v) is 5.39. The normalized spacial score (nSPS) is 11.5. The fourth-order valence-corrected chi connectivity index (χ4v) is 2.34. The van der Waals surface area contributed by atoms with Crippen LogP contribution < -0.4 is 5.32 Å². The van der Waals surface area contributed by atoms with Crippen LogP contribution in [0.1, 0.15) is 41.2 Å². The first-order valence-corrected chi connectivity index (χ1v) is 7.73. The molecule has 0 aliphatic rings. The smallest absolute Gasteiger partial charge is 0.330 e. The number of hydrogen-bond acceptors (Lipinski definition) is 3. The van der Waals surface area contributed by atoms with E-state index in [1.807, 2.05) is 6.07 Å². The van der Waals surface area contributed by atoms with Crippen molar-refractivity contribution in [3.05, 3.63) is 71.8 Å². The third-order valence-corrected chi connectivity index (χ3v) is 3.59. The van der Waals surface area contributed by atoms with Crippen molar-refractivity contribution in [3.8, 4) is 0 Å². The summed E-state index contributed by atoms with van der Waals surface area (Å²) in [6.07, 6.45) is 0.733. The summed E-state index contributed by atoms with van der Waals surface area (Å²) in [5.41, 5.74) is 1.13. The van der Waals surface area contributed by atoms with Crippen molar-refractivity contribution in [2.45, 2.75) is 25.3 Å². The van der Waals surface area contributed by atoms with Crippen LogP contribution in [0.5, 0.6) is 0 Å². The molecule has 24 heavy (non-hydrogen) atoms. The molecule has 0 saturated heterocycles. The summed E-state index contributed by atoms with van der Waals surface area (Å²) >= 11 is 0. The molecule has 1 amide bonds. The van der Waals surface area contributed by atoms with Crippen LogP contribution in [-0.2, 0) is 9.59 Å². The highest BCUT2D eigenvalue weighted by atomic mass is 16.4. The van der Waals surface area contributed by atoms with Crippen molar-refractivity contribution in [1.29, 1.82) is 0 Å². The number of benzene rings is 2. The van der Waals surface area contributed by atoms with Gasteiger partial charge in [0.2, 0.25) is 5.91 Å². The van der Waals surface area contributed by atoms with E-state index in [4.69, 9.17) is 0 Å². The minimum absolute atomic E-state index is 0.0266. The quantitative estimate of drug-likeness (QED) is 0.731. The van der Waals surface area contributed by atoms with Gasteiger partial charge in [-0.2, -0.15) is 0 Å². The van der Waals surface area contributed by atoms with Crippen LogP contribution in [-0.4, -0.2) is 22.8 Å². The summed E-state index contributed by atoms with van der Waals surface area (Å²) in [4.78, 5) is 35.2. The number of carbonyl (C=O) groups excluding carboxylic acids is 2. The predicted octanol–water partition coefficient (Wildman–Crippen LogP) is 2.98. The molecular weight excluding hydrogens is 306 g/mol. The number of amides is 1. The minimum Gasteiger partial charge on any atom is -0.479 e. The lowest BCUT2D eigenvalue weighted by molar-refractivity contribution is -0.142. The van der Waals surface area contributed by atoms with Crippen LogP contribution in [0.2, 0.25) is 0 Å². The molecule has 0 unspecified atom stereocenters. The Morgan fingerprint density at radius 2 is 1.46 bits per heavy atom. The van der Waals surface area contributed by atoms with Gasteiger partial charge in [0, 0.05) is 18.4 Å². The van der Waals surface area contributed by atoms with Crippen LogP contribution in [0.3, 0.4) is 0 Å². The van der Waals surface area contributed by atoms with Gasteiger partial charge in [-0.05, 0) is 12.0 Å². The number of carbonyl (C=O) groups is 3. The molecule has 1 atom stereocenters. The van der Waals surface area contributed by atoms with Crippen LogP contribution >= 0.6 is 0 Å². The first kappa shape index (κ1) is 17.4. The second kappa shape index (κ2) is 8.62. The molecule has 5 heteroatoms. The first-order chi connectivity index (χ1) is 11.6. The van der Waals surface area contributed by atoms with Crippen molar-refractivity contribution in [1.82, 2.24) is 5.32 Å². The van der Waals surface area contributed by atoms with E-state index in [9.17, 15) is 19.5 Å². The fourth-order valence-electron chi connectivity index (χ4n) is 2.34. The molecule has 0 heterocycles. The van der Waals surface area contributed by atoms with E-state index in [1.54, 1.807) is 54.6 Å². The number of carboxylic acids is 1. The van der Waals surface area contributed by atoms with Gasteiger partial charge in [0.1, 0.15) is 0 Å². The average molecular weight is 325 g/mol. The summed E-state index contributed by atoms with van der Waals surface area (Å²) in [6.45, 7) is 0. The van der Waals surface area contributed by atoms with Gasteiger partial charge in [-0.15, -0.1) is 0 Å². The van der Waals surface area contributed by atoms with Gasteiger partial charge in [0.15, 0.2) is 11.8 Å². The van der Waals surface area contributed by atoms with E-state index in [-0.39, 0.29) is 24.5 Å². The summed E-state index contributed by atoms with van der Waals surface area (Å²) in [5, 5.41) is 11.8. The number of rotatable bonds is 8. The minimum atomic E-state index is -1.12. The summed E-state index contributed by atoms with van der Waals surface area (Å²) in [6, 6.07) is 16.3. The predicted molar refractivity (Wildman–Crippen MR) is 89.6 cm³/mol. The largest absolute Gasteiger partial charge is 0.479 e. The molecule has 5 nitrogen and oxygen atoms in total. The van der Waals surface area contributed by atoms with E-state index in [0.717, 1.165) is 0 Å². The molecule has 0 bridgehead atoms. The fraction of sp³-hybridized carbons (Fsp3) is 0.211. The molecule has 2 rings (SSSR count). The first-order valence-electron chi connectivity index (χ1n) is 7.73. The van der Waals surface area contributed by atoms with E-state index in [0.29, 0.717) is 17.5 Å². The SMILES string of the molecule is O=C(CCCC(=O)c1ccccc1)N[C@H](C(=O)O)c1ccccc1. The van der Waals surface area contributed by atoms with Crippen LogP contribution in [0.4, 0.5) is 0 Å².